The Labute approximate surface area is 319 Å². The number of hydrogen-bond donors (Lipinski definition) is 0. The molecule has 266 valence electrons. The van der Waals surface area contributed by atoms with Crippen LogP contribution in [0.4, 0.5) is 34.1 Å². The maximum atomic E-state index is 14.2. The molecule has 0 saturated heterocycles. The van der Waals surface area contributed by atoms with Gasteiger partial charge in [-0.15, -0.1) is 0 Å². The average Bonchev–Trinajstić information content (AvgIpc) is 3.49. The van der Waals surface area contributed by atoms with E-state index in [1.165, 1.54) is 4.90 Å². The van der Waals surface area contributed by atoms with Gasteiger partial charge in [0, 0.05) is 17.9 Å². The van der Waals surface area contributed by atoms with Crippen molar-refractivity contribution in [2.24, 2.45) is 0 Å². The monoisotopic (exact) mass is 717 g/mol. The van der Waals surface area contributed by atoms with Gasteiger partial charge in [-0.1, -0.05) is 98.3 Å². The number of anilines is 6. The van der Waals surface area contributed by atoms with Crippen LogP contribution < -0.4 is 19.3 Å². The van der Waals surface area contributed by atoms with E-state index in [-0.39, 0.29) is 11.8 Å². The SMILES string of the molecule is CCCCN1C(=O)c2c(-c3ccc(N4c5ccccc5Oc5ccccc54)cc3)ccc(-c3ccc(N4c5ccccc5Oc5ccccc54)cc3)c2C1=O. The Morgan fingerprint density at radius 2 is 0.782 bits per heavy atom. The fourth-order valence-electron chi connectivity index (χ4n) is 7.96. The molecule has 2 amide bonds. The number of amides is 2. The summed E-state index contributed by atoms with van der Waals surface area (Å²) in [6.45, 7) is 2.44. The molecule has 3 heterocycles. The van der Waals surface area contributed by atoms with Gasteiger partial charge in [-0.3, -0.25) is 14.5 Å². The van der Waals surface area contributed by atoms with E-state index in [1.807, 2.05) is 133 Å². The molecule has 7 nitrogen and oxygen atoms in total. The van der Waals surface area contributed by atoms with Crippen LogP contribution in [0.25, 0.3) is 22.3 Å². The molecular formula is C48H35N3O4. The highest BCUT2D eigenvalue weighted by molar-refractivity contribution is 6.26. The van der Waals surface area contributed by atoms with Gasteiger partial charge in [0.25, 0.3) is 11.8 Å². The maximum absolute atomic E-state index is 14.2. The third kappa shape index (κ3) is 5.27. The molecule has 0 atom stereocenters. The van der Waals surface area contributed by atoms with Crippen LogP contribution in [0.5, 0.6) is 23.0 Å². The van der Waals surface area contributed by atoms with Crippen LogP contribution in [-0.4, -0.2) is 23.3 Å². The molecule has 0 unspecified atom stereocenters. The molecule has 0 N–H and O–H groups in total. The number of unbranched alkanes of at least 4 members (excludes halogenated alkanes) is 1. The molecule has 3 aliphatic rings. The first-order valence-electron chi connectivity index (χ1n) is 18.6. The standard InChI is InChI=1S/C48H35N3O4/c1-2-3-30-49-47(52)45-35(31-20-24-33(25-21-31)50-37-12-4-8-16-41(37)54-42-17-9-5-13-38(42)50)28-29-36(46(45)48(49)53)32-22-26-34(27-23-32)51-39-14-6-10-18-43(39)55-44-19-11-7-15-40(44)51/h4-29H,2-3,30H2,1H3. The normalized spacial score (nSPS) is 13.7. The van der Waals surface area contributed by atoms with Crippen molar-refractivity contribution in [3.05, 3.63) is 169 Å². The molecule has 7 heteroatoms. The first-order chi connectivity index (χ1) is 27.1. The first-order valence-corrected chi connectivity index (χ1v) is 18.6. The average molecular weight is 718 g/mol. The van der Waals surface area contributed by atoms with E-state index in [0.717, 1.165) is 92.2 Å². The van der Waals surface area contributed by atoms with Crippen molar-refractivity contribution in [2.45, 2.75) is 19.8 Å². The minimum Gasteiger partial charge on any atom is -0.453 e. The van der Waals surface area contributed by atoms with Crippen LogP contribution in [-0.2, 0) is 0 Å². The molecule has 3 aliphatic heterocycles. The first kappa shape index (κ1) is 32.5. The Bertz CT molecular complexity index is 2380. The third-order valence-electron chi connectivity index (χ3n) is 10.6. The number of hydrogen-bond acceptors (Lipinski definition) is 6. The van der Waals surface area contributed by atoms with E-state index in [4.69, 9.17) is 9.47 Å². The van der Waals surface area contributed by atoms with Crippen LogP contribution in [0, 0.1) is 0 Å². The zero-order valence-electron chi connectivity index (χ0n) is 30.1. The predicted octanol–water partition coefficient (Wildman–Crippen LogP) is 12.6. The van der Waals surface area contributed by atoms with E-state index in [2.05, 4.69) is 41.0 Å². The summed E-state index contributed by atoms with van der Waals surface area (Å²) in [4.78, 5) is 34.3. The Morgan fingerprint density at radius 1 is 0.436 bits per heavy atom. The molecular weight excluding hydrogens is 683 g/mol. The lowest BCUT2D eigenvalue weighted by atomic mass is 9.90. The Hall–Kier alpha value is -7.12. The quantitative estimate of drug-likeness (QED) is 0.153. The fraction of sp³-hybridized carbons (Fsp3) is 0.0833. The number of benzene rings is 7. The van der Waals surface area contributed by atoms with Crippen molar-refractivity contribution in [2.75, 3.05) is 16.3 Å². The van der Waals surface area contributed by atoms with Crippen molar-refractivity contribution < 1.29 is 19.1 Å². The molecule has 0 aliphatic carbocycles. The van der Waals surface area contributed by atoms with Crippen LogP contribution >= 0.6 is 0 Å². The van der Waals surface area contributed by atoms with E-state index in [0.29, 0.717) is 17.7 Å². The third-order valence-corrected chi connectivity index (χ3v) is 10.6. The predicted molar refractivity (Wildman–Crippen MR) is 217 cm³/mol. The number of ether oxygens (including phenoxy) is 2. The van der Waals surface area contributed by atoms with Gasteiger partial charge in [0.05, 0.1) is 33.9 Å². The van der Waals surface area contributed by atoms with Gasteiger partial charge in [-0.05, 0) is 101 Å². The topological polar surface area (TPSA) is 62.3 Å². The zero-order chi connectivity index (χ0) is 37.0. The molecule has 55 heavy (non-hydrogen) atoms. The van der Waals surface area contributed by atoms with Crippen molar-refractivity contribution in [1.29, 1.82) is 0 Å². The molecule has 7 aromatic rings. The van der Waals surface area contributed by atoms with E-state index in [1.54, 1.807) is 0 Å². The highest BCUT2D eigenvalue weighted by Gasteiger charge is 2.40. The number of rotatable bonds is 7. The largest absolute Gasteiger partial charge is 0.453 e. The van der Waals surface area contributed by atoms with E-state index < -0.39 is 0 Å². The zero-order valence-corrected chi connectivity index (χ0v) is 30.1. The summed E-state index contributed by atoms with van der Waals surface area (Å²) < 4.78 is 12.4. The minimum atomic E-state index is -0.247. The lowest BCUT2D eigenvalue weighted by molar-refractivity contribution is 0.0653. The number of carbonyl (C=O) groups is 2. The summed E-state index contributed by atoms with van der Waals surface area (Å²) in [5.41, 5.74) is 9.79. The number of fused-ring (bicyclic) bond motifs is 5. The fourth-order valence-corrected chi connectivity index (χ4v) is 7.96. The highest BCUT2D eigenvalue weighted by Crippen LogP contribution is 2.52. The second-order valence-corrected chi connectivity index (χ2v) is 13.9. The minimum absolute atomic E-state index is 0.247. The van der Waals surface area contributed by atoms with Crippen molar-refractivity contribution in [3.63, 3.8) is 0 Å². The van der Waals surface area contributed by atoms with Gasteiger partial charge < -0.3 is 19.3 Å². The van der Waals surface area contributed by atoms with Gasteiger partial charge in [0.1, 0.15) is 0 Å². The van der Waals surface area contributed by atoms with Crippen LogP contribution in [0.1, 0.15) is 40.5 Å². The summed E-state index contributed by atoms with van der Waals surface area (Å²) >= 11 is 0. The lowest BCUT2D eigenvalue weighted by Crippen LogP contribution is -2.30. The number of para-hydroxylation sites is 8. The Kier molecular flexibility index (Phi) is 7.73. The molecule has 0 bridgehead atoms. The van der Waals surface area contributed by atoms with Crippen LogP contribution in [0.15, 0.2) is 158 Å². The van der Waals surface area contributed by atoms with Gasteiger partial charge >= 0.3 is 0 Å². The Morgan fingerprint density at radius 3 is 1.13 bits per heavy atom. The number of imide groups is 1. The lowest BCUT2D eigenvalue weighted by Gasteiger charge is -2.32. The van der Waals surface area contributed by atoms with Gasteiger partial charge in [-0.2, -0.15) is 0 Å². The van der Waals surface area contributed by atoms with E-state index in [9.17, 15) is 9.59 Å². The molecule has 0 saturated carbocycles. The second-order valence-electron chi connectivity index (χ2n) is 13.9. The van der Waals surface area contributed by atoms with Crippen molar-refractivity contribution in [1.82, 2.24) is 4.90 Å². The number of carbonyl (C=O) groups excluding carboxylic acids is 2. The van der Waals surface area contributed by atoms with Crippen LogP contribution in [0.3, 0.4) is 0 Å². The van der Waals surface area contributed by atoms with Gasteiger partial charge in [0.15, 0.2) is 23.0 Å². The maximum Gasteiger partial charge on any atom is 0.262 e. The molecule has 10 rings (SSSR count). The summed E-state index contributed by atoms with van der Waals surface area (Å²) in [5, 5.41) is 0. The number of nitrogens with zero attached hydrogens (tertiary/aromatic N) is 3. The summed E-state index contributed by atoms with van der Waals surface area (Å²) in [5.74, 6) is 2.63. The second kappa shape index (κ2) is 13.1. The molecule has 0 fully saturated rings. The summed E-state index contributed by atoms with van der Waals surface area (Å²) in [6, 6.07) is 52.3. The van der Waals surface area contributed by atoms with Gasteiger partial charge in [-0.25, -0.2) is 0 Å². The molecule has 0 spiro atoms. The molecule has 0 radical (unpaired) electrons. The van der Waals surface area contributed by atoms with Crippen molar-refractivity contribution in [3.8, 4) is 45.3 Å². The summed E-state index contributed by atoms with van der Waals surface area (Å²) in [7, 11) is 0. The molecule has 0 aromatic heterocycles. The van der Waals surface area contributed by atoms with E-state index >= 15 is 0 Å². The molecule has 7 aromatic carbocycles. The summed E-state index contributed by atoms with van der Waals surface area (Å²) in [6.07, 6.45) is 1.61. The highest BCUT2D eigenvalue weighted by atomic mass is 16.5. The van der Waals surface area contributed by atoms with Gasteiger partial charge in [0.2, 0.25) is 0 Å². The van der Waals surface area contributed by atoms with Crippen molar-refractivity contribution >= 4 is 45.9 Å². The van der Waals surface area contributed by atoms with Crippen LogP contribution in [0.2, 0.25) is 0 Å². The Balaban J connectivity index is 1.04. The smallest absolute Gasteiger partial charge is 0.262 e.